The van der Waals surface area contributed by atoms with E-state index in [2.05, 4.69) is 19.2 Å². The number of aromatic nitrogens is 1. The van der Waals surface area contributed by atoms with Gasteiger partial charge < -0.3 is 23.9 Å². The van der Waals surface area contributed by atoms with Crippen LogP contribution in [0.4, 0.5) is 0 Å². The quantitative estimate of drug-likeness (QED) is 0.600. The highest BCUT2D eigenvalue weighted by Crippen LogP contribution is 2.35. The van der Waals surface area contributed by atoms with E-state index in [0.29, 0.717) is 36.2 Å². The minimum atomic E-state index is -1.06. The Balaban J connectivity index is 1.52. The molecular formula is C27H33N3O4. The molecule has 4 atom stereocenters. The van der Waals surface area contributed by atoms with Crippen LogP contribution in [0, 0.1) is 11.8 Å². The predicted octanol–water partition coefficient (Wildman–Crippen LogP) is 4.60. The van der Waals surface area contributed by atoms with Crippen LogP contribution in [0.25, 0.3) is 11.1 Å². The van der Waals surface area contributed by atoms with E-state index >= 15 is 0 Å². The number of carbonyl (C=O) groups excluding carboxylic acids is 2. The summed E-state index contributed by atoms with van der Waals surface area (Å²) in [6, 6.07) is 11.4. The maximum Gasteiger partial charge on any atom is 0.271 e. The van der Waals surface area contributed by atoms with Crippen molar-refractivity contribution < 1.29 is 18.7 Å². The topological polar surface area (TPSA) is 76.7 Å². The minimum absolute atomic E-state index is 0.106. The van der Waals surface area contributed by atoms with Crippen molar-refractivity contribution in [1.29, 1.82) is 0 Å². The summed E-state index contributed by atoms with van der Waals surface area (Å²) in [5, 5.41) is 3.34. The van der Waals surface area contributed by atoms with Gasteiger partial charge in [0, 0.05) is 24.7 Å². The summed E-state index contributed by atoms with van der Waals surface area (Å²) in [5.41, 5.74) is 1.89. The molecule has 7 heteroatoms. The summed E-state index contributed by atoms with van der Waals surface area (Å²) < 4.78 is 12.9. The van der Waals surface area contributed by atoms with Crippen molar-refractivity contribution in [3.8, 4) is 5.75 Å². The van der Waals surface area contributed by atoms with Gasteiger partial charge in [-0.3, -0.25) is 9.59 Å². The maximum absolute atomic E-state index is 13.9. The van der Waals surface area contributed by atoms with E-state index in [-0.39, 0.29) is 17.9 Å². The zero-order valence-corrected chi connectivity index (χ0v) is 20.3. The monoisotopic (exact) mass is 463 g/mol. The molecule has 2 amide bonds. The van der Waals surface area contributed by atoms with Crippen molar-refractivity contribution >= 4 is 22.9 Å². The van der Waals surface area contributed by atoms with Gasteiger partial charge in [0.15, 0.2) is 5.58 Å². The van der Waals surface area contributed by atoms with E-state index in [9.17, 15) is 9.59 Å². The average Bonchev–Trinajstić information content (AvgIpc) is 3.42. The van der Waals surface area contributed by atoms with E-state index < -0.39 is 5.54 Å². The van der Waals surface area contributed by atoms with Crippen LogP contribution in [-0.2, 0) is 17.9 Å². The number of carbonyl (C=O) groups is 2. The van der Waals surface area contributed by atoms with Gasteiger partial charge in [-0.2, -0.15) is 0 Å². The number of nitrogens with zero attached hydrogens (tertiary/aromatic N) is 2. The lowest BCUT2D eigenvalue weighted by atomic mass is 9.77. The maximum atomic E-state index is 13.9. The molecule has 1 aliphatic carbocycles. The second-order valence-electron chi connectivity index (χ2n) is 10.1. The molecule has 180 valence electrons. The van der Waals surface area contributed by atoms with Crippen LogP contribution in [0.2, 0.25) is 0 Å². The van der Waals surface area contributed by atoms with Gasteiger partial charge in [0.05, 0.1) is 25.4 Å². The molecule has 3 heterocycles. The fourth-order valence-electron chi connectivity index (χ4n) is 5.58. The zero-order chi connectivity index (χ0) is 24.0. The van der Waals surface area contributed by atoms with Crippen molar-refractivity contribution in [2.75, 3.05) is 7.11 Å². The number of methoxy groups -OCH3 is 1. The summed E-state index contributed by atoms with van der Waals surface area (Å²) in [6.45, 7) is 7.03. The normalized spacial score (nSPS) is 27.0. The third-order valence-corrected chi connectivity index (χ3v) is 8.04. The third-order valence-electron chi connectivity index (χ3n) is 8.04. The van der Waals surface area contributed by atoms with Crippen LogP contribution in [0.1, 0.15) is 56.1 Å². The second kappa shape index (κ2) is 8.53. The van der Waals surface area contributed by atoms with E-state index in [1.165, 1.54) is 6.42 Å². The van der Waals surface area contributed by atoms with Crippen LogP contribution in [0.3, 0.4) is 0 Å². The Morgan fingerprint density at radius 3 is 2.85 bits per heavy atom. The number of amides is 2. The number of fused-ring (bicyclic) bond motifs is 3. The van der Waals surface area contributed by atoms with Gasteiger partial charge in [0.25, 0.3) is 5.91 Å². The Morgan fingerprint density at radius 1 is 1.24 bits per heavy atom. The van der Waals surface area contributed by atoms with Gasteiger partial charge >= 0.3 is 0 Å². The molecule has 0 spiro atoms. The molecule has 1 fully saturated rings. The number of hydrogen-bond donors (Lipinski definition) is 1. The Labute approximate surface area is 200 Å². The highest BCUT2D eigenvalue weighted by atomic mass is 16.5. The number of hydrogen-bond acceptors (Lipinski definition) is 4. The van der Waals surface area contributed by atoms with Crippen LogP contribution in [0.5, 0.6) is 5.75 Å². The highest BCUT2D eigenvalue weighted by molar-refractivity contribution is 6.02. The lowest BCUT2D eigenvalue weighted by molar-refractivity contribution is -0.134. The first kappa shape index (κ1) is 22.6. The van der Waals surface area contributed by atoms with Crippen LogP contribution < -0.4 is 10.1 Å². The zero-order valence-electron chi connectivity index (χ0n) is 20.3. The summed E-state index contributed by atoms with van der Waals surface area (Å²) >= 11 is 0. The smallest absolute Gasteiger partial charge is 0.271 e. The molecule has 0 bridgehead atoms. The Morgan fingerprint density at radius 2 is 2.06 bits per heavy atom. The summed E-state index contributed by atoms with van der Waals surface area (Å²) in [6.07, 6.45) is 4.89. The molecule has 2 aliphatic rings. The Hall–Kier alpha value is -3.22. The van der Waals surface area contributed by atoms with Gasteiger partial charge in [-0.25, -0.2) is 0 Å². The Bertz CT molecular complexity index is 1230. The van der Waals surface area contributed by atoms with Crippen LogP contribution in [0.15, 0.2) is 47.1 Å². The number of nitrogens with one attached hydrogen (secondary N) is 1. The molecule has 7 nitrogen and oxygen atoms in total. The minimum Gasteiger partial charge on any atom is -0.497 e. The lowest BCUT2D eigenvalue weighted by Gasteiger charge is -2.45. The average molecular weight is 464 g/mol. The van der Waals surface area contributed by atoms with Crippen LogP contribution in [-0.4, -0.2) is 40.0 Å². The molecule has 1 N–H and O–H groups in total. The fourth-order valence-corrected chi connectivity index (χ4v) is 5.58. The van der Waals surface area contributed by atoms with E-state index in [4.69, 9.17) is 9.15 Å². The largest absolute Gasteiger partial charge is 0.497 e. The first-order chi connectivity index (χ1) is 16.3. The SMILES string of the molecule is COc1cccc(CN2C(=O)c3cc4occc4n3C[C@]2(C)C(=O)N[C@@H]2CCC[C@@H](C)[C@H]2C)c1. The highest BCUT2D eigenvalue weighted by Gasteiger charge is 2.48. The molecule has 2 aromatic heterocycles. The molecular weight excluding hydrogens is 430 g/mol. The van der Waals surface area contributed by atoms with Crippen molar-refractivity contribution in [1.82, 2.24) is 14.8 Å². The van der Waals surface area contributed by atoms with E-state index in [0.717, 1.165) is 29.7 Å². The molecule has 3 aromatic rings. The summed E-state index contributed by atoms with van der Waals surface area (Å²) in [7, 11) is 1.62. The van der Waals surface area contributed by atoms with Gasteiger partial charge in [0.2, 0.25) is 5.91 Å². The summed E-state index contributed by atoms with van der Waals surface area (Å²) in [4.78, 5) is 29.5. The molecule has 0 unspecified atom stereocenters. The number of ether oxygens (including phenoxy) is 1. The van der Waals surface area contributed by atoms with Crippen molar-refractivity contribution in [2.24, 2.45) is 11.8 Å². The summed E-state index contributed by atoms with van der Waals surface area (Å²) in [5.74, 6) is 1.40. The number of benzene rings is 1. The van der Waals surface area contributed by atoms with Crippen molar-refractivity contribution in [3.63, 3.8) is 0 Å². The molecule has 0 radical (unpaired) electrons. The predicted molar refractivity (Wildman–Crippen MR) is 130 cm³/mol. The number of furan rings is 1. The molecule has 1 aliphatic heterocycles. The second-order valence-corrected chi connectivity index (χ2v) is 10.1. The fraction of sp³-hybridized carbons (Fsp3) is 0.481. The lowest BCUT2D eigenvalue weighted by Crippen LogP contribution is -2.65. The third kappa shape index (κ3) is 3.67. The van der Waals surface area contributed by atoms with Gasteiger partial charge in [-0.1, -0.05) is 38.8 Å². The standard InChI is InChI=1S/C27H33N3O4/c1-17-7-5-10-21(18(17)2)28-26(32)27(3)16-29-22-11-12-34-24(22)14-23(29)25(31)30(27)15-19-8-6-9-20(13-19)33-4/h6,8-9,11-14,17-18,21H,5,7,10,15-16H2,1-4H3,(H,28,32)/t17-,18-,21-,27-/m1/s1. The molecule has 1 aromatic carbocycles. The first-order valence-corrected chi connectivity index (χ1v) is 12.1. The van der Waals surface area contributed by atoms with Gasteiger partial charge in [-0.05, 0) is 42.9 Å². The molecule has 5 rings (SSSR count). The molecule has 0 saturated heterocycles. The van der Waals surface area contributed by atoms with E-state index in [1.54, 1.807) is 24.3 Å². The molecule has 1 saturated carbocycles. The van der Waals surface area contributed by atoms with Gasteiger partial charge in [-0.15, -0.1) is 0 Å². The van der Waals surface area contributed by atoms with Crippen LogP contribution >= 0.6 is 0 Å². The van der Waals surface area contributed by atoms with Crippen molar-refractivity contribution in [3.05, 3.63) is 53.9 Å². The number of rotatable bonds is 5. The Kier molecular flexibility index (Phi) is 5.66. The van der Waals surface area contributed by atoms with E-state index in [1.807, 2.05) is 41.8 Å². The molecule has 34 heavy (non-hydrogen) atoms. The van der Waals surface area contributed by atoms with Gasteiger partial charge in [0.1, 0.15) is 17.0 Å². The first-order valence-electron chi connectivity index (χ1n) is 12.1. The van der Waals surface area contributed by atoms with Crippen molar-refractivity contribution in [2.45, 2.75) is 64.7 Å².